The Labute approximate surface area is 121 Å². The number of hydrogen-bond acceptors (Lipinski definition) is 5. The monoisotopic (exact) mass is 279 g/mol. The van der Waals surface area contributed by atoms with E-state index in [1.54, 1.807) is 7.11 Å². The Kier molecular flexibility index (Phi) is 6.24. The second-order valence-corrected chi connectivity index (χ2v) is 5.20. The van der Waals surface area contributed by atoms with E-state index in [0.717, 1.165) is 45.5 Å². The standard InChI is InChI=1S/C15H25N3O2/c1-19-15-4-3-13(11-17-15)12-18-8-5-14(6-9-18)20-10-2-7-16/h3-4,11,14H,2,5-10,12,16H2,1H3. The molecule has 0 spiro atoms. The second kappa shape index (κ2) is 8.19. The first kappa shape index (κ1) is 15.2. The highest BCUT2D eigenvalue weighted by atomic mass is 16.5. The first-order chi connectivity index (χ1) is 9.81. The van der Waals surface area contributed by atoms with E-state index in [-0.39, 0.29) is 0 Å². The fourth-order valence-electron chi connectivity index (χ4n) is 2.45. The van der Waals surface area contributed by atoms with Crippen LogP contribution in [0.25, 0.3) is 0 Å². The van der Waals surface area contributed by atoms with Gasteiger partial charge in [0, 0.05) is 38.5 Å². The van der Waals surface area contributed by atoms with E-state index in [4.69, 9.17) is 15.2 Å². The molecule has 112 valence electrons. The second-order valence-electron chi connectivity index (χ2n) is 5.20. The molecule has 0 aliphatic carbocycles. The number of pyridine rings is 1. The lowest BCUT2D eigenvalue weighted by molar-refractivity contribution is 0.00561. The molecule has 1 aromatic heterocycles. The van der Waals surface area contributed by atoms with Crippen LogP contribution in [0.15, 0.2) is 18.3 Å². The van der Waals surface area contributed by atoms with Crippen LogP contribution in [0.2, 0.25) is 0 Å². The highest BCUT2D eigenvalue weighted by Gasteiger charge is 2.19. The van der Waals surface area contributed by atoms with Gasteiger partial charge < -0.3 is 15.2 Å². The van der Waals surface area contributed by atoms with Gasteiger partial charge in [-0.3, -0.25) is 4.90 Å². The fraction of sp³-hybridized carbons (Fsp3) is 0.667. The van der Waals surface area contributed by atoms with E-state index in [9.17, 15) is 0 Å². The molecule has 5 heteroatoms. The molecular weight excluding hydrogens is 254 g/mol. The van der Waals surface area contributed by atoms with Crippen molar-refractivity contribution in [3.63, 3.8) is 0 Å². The SMILES string of the molecule is COc1ccc(CN2CCC(OCCCN)CC2)cn1. The van der Waals surface area contributed by atoms with Gasteiger partial charge in [0.25, 0.3) is 0 Å². The number of piperidine rings is 1. The van der Waals surface area contributed by atoms with Gasteiger partial charge in [0.15, 0.2) is 0 Å². The lowest BCUT2D eigenvalue weighted by Crippen LogP contribution is -2.36. The van der Waals surface area contributed by atoms with Crippen LogP contribution in [0.3, 0.4) is 0 Å². The Hall–Kier alpha value is -1.17. The molecule has 20 heavy (non-hydrogen) atoms. The summed E-state index contributed by atoms with van der Waals surface area (Å²) in [4.78, 5) is 6.69. The summed E-state index contributed by atoms with van der Waals surface area (Å²) in [5, 5.41) is 0. The van der Waals surface area contributed by atoms with Crippen molar-refractivity contribution in [2.24, 2.45) is 5.73 Å². The molecule has 0 amide bonds. The summed E-state index contributed by atoms with van der Waals surface area (Å²) in [5.74, 6) is 0.667. The molecular formula is C15H25N3O2. The summed E-state index contributed by atoms with van der Waals surface area (Å²) in [6, 6.07) is 3.99. The highest BCUT2D eigenvalue weighted by Crippen LogP contribution is 2.17. The van der Waals surface area contributed by atoms with E-state index < -0.39 is 0 Å². The Morgan fingerprint density at radius 3 is 2.75 bits per heavy atom. The predicted molar refractivity (Wildman–Crippen MR) is 78.7 cm³/mol. The van der Waals surface area contributed by atoms with E-state index in [1.807, 2.05) is 12.3 Å². The zero-order valence-electron chi connectivity index (χ0n) is 12.3. The van der Waals surface area contributed by atoms with Crippen LogP contribution in [-0.4, -0.2) is 49.3 Å². The van der Waals surface area contributed by atoms with Gasteiger partial charge in [-0.25, -0.2) is 4.98 Å². The fourth-order valence-corrected chi connectivity index (χ4v) is 2.45. The number of aromatic nitrogens is 1. The van der Waals surface area contributed by atoms with Crippen molar-refractivity contribution < 1.29 is 9.47 Å². The molecule has 5 nitrogen and oxygen atoms in total. The summed E-state index contributed by atoms with van der Waals surface area (Å²) < 4.78 is 10.9. The van der Waals surface area contributed by atoms with Gasteiger partial charge in [0.1, 0.15) is 0 Å². The summed E-state index contributed by atoms with van der Waals surface area (Å²) in [5.41, 5.74) is 6.70. The van der Waals surface area contributed by atoms with Gasteiger partial charge in [0.05, 0.1) is 13.2 Å². The summed E-state index contributed by atoms with van der Waals surface area (Å²) in [7, 11) is 1.64. The number of nitrogens with zero attached hydrogens (tertiary/aromatic N) is 2. The zero-order valence-corrected chi connectivity index (χ0v) is 12.3. The molecule has 1 fully saturated rings. The molecule has 0 atom stereocenters. The molecule has 0 radical (unpaired) electrons. The lowest BCUT2D eigenvalue weighted by Gasteiger charge is -2.31. The molecule has 0 unspecified atom stereocenters. The Morgan fingerprint density at radius 1 is 1.35 bits per heavy atom. The molecule has 1 saturated heterocycles. The average molecular weight is 279 g/mol. The van der Waals surface area contributed by atoms with Crippen molar-refractivity contribution in [1.29, 1.82) is 0 Å². The minimum absolute atomic E-state index is 0.409. The molecule has 0 bridgehead atoms. The number of likely N-dealkylation sites (tertiary alicyclic amines) is 1. The van der Waals surface area contributed by atoms with E-state index in [2.05, 4.69) is 16.0 Å². The molecule has 2 N–H and O–H groups in total. The molecule has 1 aromatic rings. The Balaban J connectivity index is 1.70. The van der Waals surface area contributed by atoms with Crippen LogP contribution in [0.5, 0.6) is 5.88 Å². The zero-order chi connectivity index (χ0) is 14.2. The lowest BCUT2D eigenvalue weighted by atomic mass is 10.1. The van der Waals surface area contributed by atoms with E-state index in [0.29, 0.717) is 18.5 Å². The third-order valence-corrected chi connectivity index (χ3v) is 3.65. The minimum Gasteiger partial charge on any atom is -0.481 e. The third-order valence-electron chi connectivity index (χ3n) is 3.65. The first-order valence-electron chi connectivity index (χ1n) is 7.34. The van der Waals surface area contributed by atoms with Crippen molar-refractivity contribution in [3.05, 3.63) is 23.9 Å². The quantitative estimate of drug-likeness (QED) is 0.765. The maximum absolute atomic E-state index is 5.82. The maximum atomic E-state index is 5.82. The predicted octanol–water partition coefficient (Wildman–Crippen LogP) is 1.42. The third kappa shape index (κ3) is 4.74. The van der Waals surface area contributed by atoms with Crippen LogP contribution in [0.4, 0.5) is 0 Å². The van der Waals surface area contributed by atoms with Gasteiger partial charge in [-0.2, -0.15) is 0 Å². The van der Waals surface area contributed by atoms with Crippen molar-refractivity contribution >= 4 is 0 Å². The van der Waals surface area contributed by atoms with Crippen LogP contribution in [0.1, 0.15) is 24.8 Å². The van der Waals surface area contributed by atoms with E-state index in [1.165, 1.54) is 5.56 Å². The topological polar surface area (TPSA) is 60.6 Å². The minimum atomic E-state index is 0.409. The maximum Gasteiger partial charge on any atom is 0.212 e. The molecule has 0 aromatic carbocycles. The van der Waals surface area contributed by atoms with Crippen molar-refractivity contribution in [2.75, 3.05) is 33.4 Å². The van der Waals surface area contributed by atoms with Crippen molar-refractivity contribution in [1.82, 2.24) is 9.88 Å². The smallest absolute Gasteiger partial charge is 0.212 e. The molecule has 1 aliphatic heterocycles. The van der Waals surface area contributed by atoms with Gasteiger partial charge >= 0.3 is 0 Å². The highest BCUT2D eigenvalue weighted by molar-refractivity contribution is 5.17. The normalized spacial score (nSPS) is 17.3. The number of rotatable bonds is 7. The van der Waals surface area contributed by atoms with Gasteiger partial charge in [-0.15, -0.1) is 0 Å². The van der Waals surface area contributed by atoms with Gasteiger partial charge in [0.2, 0.25) is 5.88 Å². The van der Waals surface area contributed by atoms with Crippen LogP contribution < -0.4 is 10.5 Å². The molecule has 1 aliphatic rings. The molecule has 2 heterocycles. The first-order valence-corrected chi connectivity index (χ1v) is 7.34. The summed E-state index contributed by atoms with van der Waals surface area (Å²) in [6.45, 7) is 4.62. The van der Waals surface area contributed by atoms with Crippen molar-refractivity contribution in [3.8, 4) is 5.88 Å². The van der Waals surface area contributed by atoms with Gasteiger partial charge in [-0.05, 0) is 31.4 Å². The number of hydrogen-bond donors (Lipinski definition) is 1. The van der Waals surface area contributed by atoms with Crippen LogP contribution in [-0.2, 0) is 11.3 Å². The van der Waals surface area contributed by atoms with Crippen LogP contribution in [0, 0.1) is 0 Å². The van der Waals surface area contributed by atoms with E-state index >= 15 is 0 Å². The Morgan fingerprint density at radius 2 is 2.15 bits per heavy atom. The van der Waals surface area contributed by atoms with Gasteiger partial charge in [-0.1, -0.05) is 6.07 Å². The number of nitrogens with two attached hydrogens (primary N) is 1. The van der Waals surface area contributed by atoms with Crippen molar-refractivity contribution in [2.45, 2.75) is 31.9 Å². The Bertz CT molecular complexity index is 375. The largest absolute Gasteiger partial charge is 0.481 e. The molecule has 2 rings (SSSR count). The number of ether oxygens (including phenoxy) is 2. The molecule has 0 saturated carbocycles. The average Bonchev–Trinajstić information content (AvgIpc) is 2.50. The summed E-state index contributed by atoms with van der Waals surface area (Å²) >= 11 is 0. The van der Waals surface area contributed by atoms with Crippen LogP contribution >= 0.6 is 0 Å². The number of methoxy groups -OCH3 is 1. The summed E-state index contributed by atoms with van der Waals surface area (Å²) in [6.07, 6.45) is 5.47.